The first-order chi connectivity index (χ1) is 8.70. The first-order valence-electron chi connectivity index (χ1n) is 6.82. The molecule has 0 radical (unpaired) electrons. The summed E-state index contributed by atoms with van der Waals surface area (Å²) < 4.78 is 11.1. The van der Waals surface area contributed by atoms with Crippen molar-refractivity contribution in [3.05, 3.63) is 23.8 Å². The third-order valence-electron chi connectivity index (χ3n) is 3.42. The highest BCUT2D eigenvalue weighted by atomic mass is 16.6. The van der Waals surface area contributed by atoms with Gasteiger partial charge < -0.3 is 14.8 Å². The van der Waals surface area contributed by atoms with E-state index < -0.39 is 0 Å². The predicted molar refractivity (Wildman–Crippen MR) is 73.2 cm³/mol. The summed E-state index contributed by atoms with van der Waals surface area (Å²) in [7, 11) is 0. The lowest BCUT2D eigenvalue weighted by Gasteiger charge is -2.22. The molecule has 0 saturated carbocycles. The van der Waals surface area contributed by atoms with Crippen molar-refractivity contribution in [3.8, 4) is 11.5 Å². The highest BCUT2D eigenvalue weighted by Crippen LogP contribution is 2.30. The second kappa shape index (κ2) is 6.10. The van der Waals surface area contributed by atoms with Crippen molar-refractivity contribution in [2.75, 3.05) is 13.2 Å². The van der Waals surface area contributed by atoms with Crippen molar-refractivity contribution in [2.24, 2.45) is 5.92 Å². The van der Waals surface area contributed by atoms with Gasteiger partial charge in [0.2, 0.25) is 0 Å². The molecule has 18 heavy (non-hydrogen) atoms. The standard InChI is InChI=1S/C15H23NO2/c1-4-13(11(2)3)16-10-12-5-6-14-15(9-12)18-8-7-17-14/h5-6,9,11,13,16H,4,7-8,10H2,1-3H3. The fourth-order valence-corrected chi connectivity index (χ4v) is 2.30. The van der Waals surface area contributed by atoms with Crippen LogP contribution in [0.5, 0.6) is 11.5 Å². The highest BCUT2D eigenvalue weighted by molar-refractivity contribution is 5.43. The van der Waals surface area contributed by atoms with Crippen LogP contribution in [0.25, 0.3) is 0 Å². The molecule has 1 aliphatic heterocycles. The maximum atomic E-state index is 5.59. The smallest absolute Gasteiger partial charge is 0.161 e. The molecular weight excluding hydrogens is 226 g/mol. The molecular formula is C15H23NO2. The number of benzene rings is 1. The normalized spacial score (nSPS) is 15.8. The van der Waals surface area contributed by atoms with Crippen LogP contribution in [-0.4, -0.2) is 19.3 Å². The molecule has 1 heterocycles. The summed E-state index contributed by atoms with van der Waals surface area (Å²) in [4.78, 5) is 0. The lowest BCUT2D eigenvalue weighted by atomic mass is 10.0. The van der Waals surface area contributed by atoms with E-state index in [0.29, 0.717) is 25.2 Å². The van der Waals surface area contributed by atoms with Gasteiger partial charge >= 0.3 is 0 Å². The highest BCUT2D eigenvalue weighted by Gasteiger charge is 2.13. The molecule has 0 aliphatic carbocycles. The van der Waals surface area contributed by atoms with Gasteiger partial charge in [-0.15, -0.1) is 0 Å². The average molecular weight is 249 g/mol. The fraction of sp³-hybridized carbons (Fsp3) is 0.600. The van der Waals surface area contributed by atoms with Crippen LogP contribution in [0.2, 0.25) is 0 Å². The van der Waals surface area contributed by atoms with Gasteiger partial charge in [0.15, 0.2) is 11.5 Å². The van der Waals surface area contributed by atoms with Gasteiger partial charge in [-0.2, -0.15) is 0 Å². The Labute approximate surface area is 109 Å². The Morgan fingerprint density at radius 1 is 1.17 bits per heavy atom. The van der Waals surface area contributed by atoms with Crippen LogP contribution in [0, 0.1) is 5.92 Å². The Balaban J connectivity index is 1.97. The monoisotopic (exact) mass is 249 g/mol. The van der Waals surface area contributed by atoms with E-state index in [-0.39, 0.29) is 0 Å². The van der Waals surface area contributed by atoms with Gasteiger partial charge in [0, 0.05) is 12.6 Å². The first-order valence-corrected chi connectivity index (χ1v) is 6.82. The Morgan fingerprint density at radius 3 is 2.56 bits per heavy atom. The van der Waals surface area contributed by atoms with Crippen LogP contribution in [0.3, 0.4) is 0 Å². The minimum Gasteiger partial charge on any atom is -0.486 e. The zero-order valence-corrected chi connectivity index (χ0v) is 11.5. The largest absolute Gasteiger partial charge is 0.486 e. The Morgan fingerprint density at radius 2 is 1.89 bits per heavy atom. The van der Waals surface area contributed by atoms with E-state index in [9.17, 15) is 0 Å². The summed E-state index contributed by atoms with van der Waals surface area (Å²) in [6.45, 7) is 8.91. The van der Waals surface area contributed by atoms with Crippen LogP contribution < -0.4 is 14.8 Å². The SMILES string of the molecule is CCC(NCc1ccc2c(c1)OCCO2)C(C)C. The number of hydrogen-bond acceptors (Lipinski definition) is 3. The van der Waals surface area contributed by atoms with Crippen molar-refractivity contribution in [3.63, 3.8) is 0 Å². The molecule has 3 nitrogen and oxygen atoms in total. The Hall–Kier alpha value is -1.22. The molecule has 0 spiro atoms. The number of nitrogens with one attached hydrogen (secondary N) is 1. The van der Waals surface area contributed by atoms with Gasteiger partial charge in [0.05, 0.1) is 0 Å². The molecule has 100 valence electrons. The fourth-order valence-electron chi connectivity index (χ4n) is 2.30. The topological polar surface area (TPSA) is 30.5 Å². The second-order valence-corrected chi connectivity index (χ2v) is 5.12. The molecule has 1 aromatic carbocycles. The maximum Gasteiger partial charge on any atom is 0.161 e. The van der Waals surface area contributed by atoms with E-state index in [2.05, 4.69) is 38.2 Å². The average Bonchev–Trinajstić information content (AvgIpc) is 2.39. The van der Waals surface area contributed by atoms with Gasteiger partial charge in [0.25, 0.3) is 0 Å². The quantitative estimate of drug-likeness (QED) is 0.870. The van der Waals surface area contributed by atoms with E-state index in [0.717, 1.165) is 24.5 Å². The van der Waals surface area contributed by atoms with Crippen molar-refractivity contribution >= 4 is 0 Å². The molecule has 1 N–H and O–H groups in total. The molecule has 1 unspecified atom stereocenters. The third kappa shape index (κ3) is 3.16. The van der Waals surface area contributed by atoms with Gasteiger partial charge in [-0.25, -0.2) is 0 Å². The molecule has 0 amide bonds. The maximum absolute atomic E-state index is 5.59. The molecule has 1 aliphatic rings. The molecule has 0 aromatic heterocycles. The first kappa shape index (κ1) is 13.2. The summed E-state index contributed by atoms with van der Waals surface area (Å²) in [5, 5.41) is 3.60. The Bertz CT molecular complexity index is 390. The summed E-state index contributed by atoms with van der Waals surface area (Å²) in [6.07, 6.45) is 1.15. The van der Waals surface area contributed by atoms with E-state index in [1.54, 1.807) is 0 Å². The van der Waals surface area contributed by atoms with E-state index >= 15 is 0 Å². The molecule has 1 aromatic rings. The second-order valence-electron chi connectivity index (χ2n) is 5.12. The minimum absolute atomic E-state index is 0.568. The summed E-state index contributed by atoms with van der Waals surface area (Å²) in [6, 6.07) is 6.75. The molecule has 1 atom stereocenters. The van der Waals surface area contributed by atoms with Crippen molar-refractivity contribution in [1.29, 1.82) is 0 Å². The number of fused-ring (bicyclic) bond motifs is 1. The summed E-state index contributed by atoms with van der Waals surface area (Å²) >= 11 is 0. The molecule has 3 heteroatoms. The van der Waals surface area contributed by atoms with Gasteiger partial charge in [-0.3, -0.25) is 0 Å². The van der Waals surface area contributed by atoms with Crippen molar-refractivity contribution < 1.29 is 9.47 Å². The van der Waals surface area contributed by atoms with Gasteiger partial charge in [-0.05, 0) is 30.0 Å². The summed E-state index contributed by atoms with van der Waals surface area (Å²) in [5.74, 6) is 2.39. The zero-order valence-electron chi connectivity index (χ0n) is 11.5. The zero-order chi connectivity index (χ0) is 13.0. The van der Waals surface area contributed by atoms with Crippen LogP contribution in [0.1, 0.15) is 32.8 Å². The number of hydrogen-bond donors (Lipinski definition) is 1. The number of ether oxygens (including phenoxy) is 2. The van der Waals surface area contributed by atoms with Crippen molar-refractivity contribution in [1.82, 2.24) is 5.32 Å². The molecule has 2 rings (SSSR count). The summed E-state index contributed by atoms with van der Waals surface area (Å²) in [5.41, 5.74) is 1.25. The van der Waals surface area contributed by atoms with Crippen LogP contribution >= 0.6 is 0 Å². The van der Waals surface area contributed by atoms with Crippen molar-refractivity contribution in [2.45, 2.75) is 39.8 Å². The lowest BCUT2D eigenvalue weighted by molar-refractivity contribution is 0.171. The van der Waals surface area contributed by atoms with Crippen LogP contribution in [0.15, 0.2) is 18.2 Å². The Kier molecular flexibility index (Phi) is 4.48. The van der Waals surface area contributed by atoms with E-state index in [4.69, 9.17) is 9.47 Å². The third-order valence-corrected chi connectivity index (χ3v) is 3.42. The van der Waals surface area contributed by atoms with Crippen LogP contribution in [0.4, 0.5) is 0 Å². The van der Waals surface area contributed by atoms with Crippen LogP contribution in [-0.2, 0) is 6.54 Å². The molecule has 0 saturated heterocycles. The minimum atomic E-state index is 0.568. The van der Waals surface area contributed by atoms with E-state index in [1.165, 1.54) is 5.56 Å². The predicted octanol–water partition coefficient (Wildman–Crippen LogP) is 2.98. The molecule has 0 bridgehead atoms. The van der Waals surface area contributed by atoms with Gasteiger partial charge in [0.1, 0.15) is 13.2 Å². The van der Waals surface area contributed by atoms with Gasteiger partial charge in [-0.1, -0.05) is 26.8 Å². The number of rotatable bonds is 5. The van der Waals surface area contributed by atoms with E-state index in [1.807, 2.05) is 6.07 Å². The molecule has 0 fully saturated rings. The lowest BCUT2D eigenvalue weighted by Crippen LogP contribution is -2.32.